The summed E-state index contributed by atoms with van der Waals surface area (Å²) in [5, 5.41) is 19.8. The van der Waals surface area contributed by atoms with E-state index in [1.54, 1.807) is 29.3 Å². The van der Waals surface area contributed by atoms with E-state index in [9.17, 15) is 15.0 Å². The van der Waals surface area contributed by atoms with E-state index < -0.39 is 17.9 Å². The monoisotopic (exact) mass is 484 g/mol. The largest absolute Gasteiger partial charge is 0.492 e. The molecule has 0 saturated carbocycles. The maximum absolute atomic E-state index is 12.5. The molecule has 11 heteroatoms. The highest BCUT2D eigenvalue weighted by atomic mass is 35.5. The molecule has 1 aromatic carbocycles. The van der Waals surface area contributed by atoms with Crippen molar-refractivity contribution in [1.82, 2.24) is 9.55 Å². The number of aliphatic hydroxyl groups excluding tert-OH is 1. The molecule has 3 heterocycles. The van der Waals surface area contributed by atoms with E-state index in [4.69, 9.17) is 37.4 Å². The highest BCUT2D eigenvalue weighted by molar-refractivity contribution is 7.10. The summed E-state index contributed by atoms with van der Waals surface area (Å²) in [6, 6.07) is 4.62. The third-order valence-electron chi connectivity index (χ3n) is 4.71. The van der Waals surface area contributed by atoms with Gasteiger partial charge >= 0.3 is 0 Å². The van der Waals surface area contributed by atoms with Crippen LogP contribution in [0.3, 0.4) is 0 Å². The lowest BCUT2D eigenvalue weighted by molar-refractivity contribution is -0.0439. The molecule has 3 aromatic rings. The minimum absolute atomic E-state index is 0.189. The molecule has 2 aromatic heterocycles. The second-order valence-electron chi connectivity index (χ2n) is 6.71. The molecule has 2 N–H and O–H groups in total. The molecule has 1 aliphatic rings. The van der Waals surface area contributed by atoms with Crippen LogP contribution in [0.4, 0.5) is 0 Å². The Bertz CT molecular complexity index is 1160. The van der Waals surface area contributed by atoms with Crippen molar-refractivity contribution in [3.05, 3.63) is 60.7 Å². The SMILES string of the molecule is COCCCOc1cc2c(cc1Cl)-c1cc(=O)c(C(O)O)cn1C(c1scnc1Cl)O2. The van der Waals surface area contributed by atoms with E-state index in [-0.39, 0.29) is 10.7 Å². The topological polar surface area (TPSA) is 103 Å². The van der Waals surface area contributed by atoms with Gasteiger partial charge in [-0.3, -0.25) is 4.79 Å². The van der Waals surface area contributed by atoms with Crippen LogP contribution in [0.5, 0.6) is 11.5 Å². The first-order valence-electron chi connectivity index (χ1n) is 9.24. The number of aromatic nitrogens is 2. The van der Waals surface area contributed by atoms with E-state index in [0.29, 0.717) is 52.3 Å². The first-order valence-corrected chi connectivity index (χ1v) is 10.9. The smallest absolute Gasteiger partial charge is 0.214 e. The van der Waals surface area contributed by atoms with Crippen LogP contribution in [0.1, 0.15) is 29.4 Å². The molecule has 31 heavy (non-hydrogen) atoms. The molecule has 8 nitrogen and oxygen atoms in total. The molecule has 0 radical (unpaired) electrons. The molecule has 0 spiro atoms. The number of thiazole rings is 1. The molecule has 0 saturated heterocycles. The Morgan fingerprint density at radius 2 is 2.10 bits per heavy atom. The number of aliphatic hydroxyl groups is 2. The van der Waals surface area contributed by atoms with Gasteiger partial charge in [-0.25, -0.2) is 4.98 Å². The van der Waals surface area contributed by atoms with Gasteiger partial charge in [-0.05, 0) is 6.07 Å². The second kappa shape index (κ2) is 9.15. The van der Waals surface area contributed by atoms with Gasteiger partial charge in [0.05, 0.1) is 28.4 Å². The van der Waals surface area contributed by atoms with Crippen LogP contribution in [0.15, 0.2) is 34.7 Å². The Hall–Kier alpha value is -2.14. The van der Waals surface area contributed by atoms with Gasteiger partial charge < -0.3 is 29.0 Å². The predicted octanol–water partition coefficient (Wildman–Crippen LogP) is 3.62. The van der Waals surface area contributed by atoms with E-state index in [1.165, 1.54) is 23.6 Å². The Balaban J connectivity index is 1.83. The number of halogens is 2. The predicted molar refractivity (Wildman–Crippen MR) is 116 cm³/mol. The van der Waals surface area contributed by atoms with Crippen molar-refractivity contribution in [2.24, 2.45) is 0 Å². The summed E-state index contributed by atoms with van der Waals surface area (Å²) < 4.78 is 18.6. The zero-order valence-electron chi connectivity index (χ0n) is 16.2. The number of hydrogen-bond acceptors (Lipinski definition) is 8. The Morgan fingerprint density at radius 1 is 1.29 bits per heavy atom. The van der Waals surface area contributed by atoms with Crippen LogP contribution >= 0.6 is 34.5 Å². The fourth-order valence-electron chi connectivity index (χ4n) is 3.26. The van der Waals surface area contributed by atoms with Crippen molar-refractivity contribution in [3.8, 4) is 22.8 Å². The van der Waals surface area contributed by atoms with Crippen LogP contribution < -0.4 is 14.9 Å². The van der Waals surface area contributed by atoms with Crippen molar-refractivity contribution in [1.29, 1.82) is 0 Å². The summed E-state index contributed by atoms with van der Waals surface area (Å²) in [6.07, 6.45) is -0.678. The van der Waals surface area contributed by atoms with Gasteiger partial charge in [-0.2, -0.15) is 0 Å². The van der Waals surface area contributed by atoms with Crippen molar-refractivity contribution < 1.29 is 24.4 Å². The second-order valence-corrected chi connectivity index (χ2v) is 8.36. The molecule has 0 amide bonds. The lowest BCUT2D eigenvalue weighted by Gasteiger charge is -2.31. The number of nitrogens with zero attached hydrogens (tertiary/aromatic N) is 2. The fourth-order valence-corrected chi connectivity index (χ4v) is 4.51. The zero-order chi connectivity index (χ0) is 22.1. The van der Waals surface area contributed by atoms with Crippen LogP contribution in [-0.4, -0.2) is 40.1 Å². The maximum atomic E-state index is 12.5. The summed E-state index contributed by atoms with van der Waals surface area (Å²) in [5.41, 5.74) is 1.90. The average Bonchev–Trinajstić information content (AvgIpc) is 3.16. The summed E-state index contributed by atoms with van der Waals surface area (Å²) in [6.45, 7) is 0.963. The fraction of sp³-hybridized carbons (Fsp3) is 0.300. The maximum Gasteiger partial charge on any atom is 0.214 e. The Kier molecular flexibility index (Phi) is 6.52. The van der Waals surface area contributed by atoms with Gasteiger partial charge in [0.1, 0.15) is 21.5 Å². The van der Waals surface area contributed by atoms with Crippen molar-refractivity contribution in [3.63, 3.8) is 0 Å². The lowest BCUT2D eigenvalue weighted by Crippen LogP contribution is -2.27. The molecule has 0 aliphatic carbocycles. The number of ether oxygens (including phenoxy) is 3. The minimum Gasteiger partial charge on any atom is -0.492 e. The molecule has 1 unspecified atom stereocenters. The summed E-state index contributed by atoms with van der Waals surface area (Å²) in [4.78, 5) is 17.1. The van der Waals surface area contributed by atoms with E-state index in [0.717, 1.165) is 0 Å². The number of benzene rings is 1. The summed E-state index contributed by atoms with van der Waals surface area (Å²) >= 11 is 13.9. The number of pyridine rings is 1. The lowest BCUT2D eigenvalue weighted by atomic mass is 10.1. The van der Waals surface area contributed by atoms with Gasteiger partial charge in [-0.15, -0.1) is 11.3 Å². The molecule has 4 rings (SSSR count). The van der Waals surface area contributed by atoms with Crippen molar-refractivity contribution >= 4 is 34.5 Å². The first kappa shape index (κ1) is 22.1. The number of methoxy groups -OCH3 is 1. The Morgan fingerprint density at radius 3 is 2.77 bits per heavy atom. The zero-order valence-corrected chi connectivity index (χ0v) is 18.6. The highest BCUT2D eigenvalue weighted by Gasteiger charge is 2.31. The molecular formula is C20H18Cl2N2O6S. The number of fused-ring (bicyclic) bond motifs is 3. The third kappa shape index (κ3) is 4.30. The van der Waals surface area contributed by atoms with Gasteiger partial charge in [-0.1, -0.05) is 23.2 Å². The minimum atomic E-state index is -1.93. The van der Waals surface area contributed by atoms with Crippen LogP contribution in [-0.2, 0) is 4.74 Å². The van der Waals surface area contributed by atoms with Gasteiger partial charge in [0.25, 0.3) is 0 Å². The molecule has 0 fully saturated rings. The summed E-state index contributed by atoms with van der Waals surface area (Å²) in [7, 11) is 1.62. The van der Waals surface area contributed by atoms with E-state index in [2.05, 4.69) is 4.98 Å². The molecule has 0 bridgehead atoms. The van der Waals surface area contributed by atoms with Gasteiger partial charge in [0, 0.05) is 44.0 Å². The number of hydrogen-bond donors (Lipinski definition) is 2. The standard InChI is InChI=1S/C20H18Cl2N2O6S/c1-28-3-2-4-29-16-7-15-10(5-12(16)21)13-6-14(25)11(20(26)27)8-24(13)19(30-15)17-18(22)23-9-31-17/h5-9,19-20,26-27H,2-4H2,1H3. The average molecular weight is 485 g/mol. The molecule has 1 aliphatic heterocycles. The third-order valence-corrected chi connectivity index (χ3v) is 6.28. The van der Waals surface area contributed by atoms with Crippen LogP contribution in [0.2, 0.25) is 10.2 Å². The summed E-state index contributed by atoms with van der Waals surface area (Å²) in [5.74, 6) is 0.876. The van der Waals surface area contributed by atoms with Gasteiger partial charge in [0.15, 0.2) is 11.7 Å². The number of rotatable bonds is 7. The Labute approximate surface area is 191 Å². The molecule has 164 valence electrons. The normalized spacial score (nSPS) is 14.8. The van der Waals surface area contributed by atoms with Crippen molar-refractivity contribution in [2.75, 3.05) is 20.3 Å². The van der Waals surface area contributed by atoms with E-state index in [1.807, 2.05) is 0 Å². The van der Waals surface area contributed by atoms with Crippen LogP contribution in [0.25, 0.3) is 11.3 Å². The molecular weight excluding hydrogens is 467 g/mol. The molecule has 1 atom stereocenters. The van der Waals surface area contributed by atoms with Crippen LogP contribution in [0, 0.1) is 0 Å². The quantitative estimate of drug-likeness (QED) is 0.389. The van der Waals surface area contributed by atoms with Crippen molar-refractivity contribution in [2.45, 2.75) is 18.9 Å². The highest BCUT2D eigenvalue weighted by Crippen LogP contribution is 2.46. The first-order chi connectivity index (χ1) is 14.9. The van der Waals surface area contributed by atoms with Gasteiger partial charge in [0.2, 0.25) is 6.23 Å². The van der Waals surface area contributed by atoms with E-state index >= 15 is 0 Å².